The Balaban J connectivity index is 1.53. The molecule has 3 N–H and O–H groups in total. The number of amides is 1. The van der Waals surface area contributed by atoms with Gasteiger partial charge in [-0.2, -0.15) is 0 Å². The molecule has 3 aromatic heterocycles. The fourth-order valence-electron chi connectivity index (χ4n) is 5.63. The summed E-state index contributed by atoms with van der Waals surface area (Å²) in [4.78, 5) is 36.2. The number of pyridine rings is 2. The van der Waals surface area contributed by atoms with Gasteiger partial charge in [0.2, 0.25) is 0 Å². The molecule has 0 saturated carbocycles. The molecule has 204 valence electrons. The molecular weight excluding hydrogens is 488 g/mol. The van der Waals surface area contributed by atoms with E-state index < -0.39 is 0 Å². The molecule has 0 spiro atoms. The summed E-state index contributed by atoms with van der Waals surface area (Å²) in [7, 11) is 0. The summed E-state index contributed by atoms with van der Waals surface area (Å²) in [6.07, 6.45) is 4.01. The molecule has 8 heteroatoms. The molecule has 1 aromatic carbocycles. The minimum Gasteiger partial charge on any atom is -0.351 e. The van der Waals surface area contributed by atoms with E-state index >= 15 is 0 Å². The second kappa shape index (κ2) is 10.7. The van der Waals surface area contributed by atoms with Crippen molar-refractivity contribution in [2.45, 2.75) is 60.2 Å². The molecule has 0 radical (unpaired) electrons. The molecule has 0 unspecified atom stereocenters. The van der Waals surface area contributed by atoms with E-state index in [-0.39, 0.29) is 24.1 Å². The van der Waals surface area contributed by atoms with E-state index in [1.807, 2.05) is 39.1 Å². The highest BCUT2D eigenvalue weighted by Crippen LogP contribution is 2.33. The highest BCUT2D eigenvalue weighted by molar-refractivity contribution is 6.09. The number of carbonyl (C=O) groups is 1. The molecule has 8 nitrogen and oxygen atoms in total. The Morgan fingerprint density at radius 2 is 1.92 bits per heavy atom. The van der Waals surface area contributed by atoms with E-state index in [1.54, 1.807) is 0 Å². The predicted octanol–water partition coefficient (Wildman–Crippen LogP) is 4.63. The summed E-state index contributed by atoms with van der Waals surface area (Å²) < 4.78 is 2.21. The Morgan fingerprint density at radius 1 is 1.13 bits per heavy atom. The number of rotatable bonds is 6. The van der Waals surface area contributed by atoms with Crippen molar-refractivity contribution in [3.05, 3.63) is 81.0 Å². The summed E-state index contributed by atoms with van der Waals surface area (Å²) >= 11 is 0. The number of aromatic amines is 1. The van der Waals surface area contributed by atoms with Gasteiger partial charge in [0.15, 0.2) is 0 Å². The highest BCUT2D eigenvalue weighted by Gasteiger charge is 2.21. The molecule has 4 heterocycles. The number of anilines is 1. The average molecular weight is 527 g/mol. The fourth-order valence-corrected chi connectivity index (χ4v) is 5.63. The number of aryl methyl sites for hydroxylation is 3. The minimum absolute atomic E-state index is 0.162. The number of carbonyl (C=O) groups excluding carboxylic acids is 1. The van der Waals surface area contributed by atoms with E-state index in [4.69, 9.17) is 4.98 Å². The number of aromatic nitrogens is 3. The molecule has 0 aliphatic carbocycles. The lowest BCUT2D eigenvalue weighted by Gasteiger charge is -2.34. The molecule has 1 saturated heterocycles. The maximum atomic E-state index is 13.7. The first-order valence-corrected chi connectivity index (χ1v) is 13.7. The van der Waals surface area contributed by atoms with Crippen molar-refractivity contribution in [3.8, 4) is 11.1 Å². The number of H-pyrrole nitrogens is 1. The first-order valence-electron chi connectivity index (χ1n) is 13.7. The molecule has 1 atom stereocenters. The van der Waals surface area contributed by atoms with Crippen LogP contribution in [-0.4, -0.2) is 46.1 Å². The molecule has 39 heavy (non-hydrogen) atoms. The van der Waals surface area contributed by atoms with Crippen molar-refractivity contribution in [2.75, 3.05) is 24.5 Å². The lowest BCUT2D eigenvalue weighted by molar-refractivity contribution is 0.0952. The molecule has 1 amide bonds. The zero-order chi connectivity index (χ0) is 27.8. The third-order valence-electron chi connectivity index (χ3n) is 7.72. The van der Waals surface area contributed by atoms with Crippen LogP contribution in [0.15, 0.2) is 47.5 Å². The van der Waals surface area contributed by atoms with E-state index in [0.717, 1.165) is 64.3 Å². The van der Waals surface area contributed by atoms with Gasteiger partial charge in [-0.05, 0) is 88.6 Å². The molecule has 1 aliphatic rings. The molecule has 1 aliphatic heterocycles. The molecule has 5 rings (SSSR count). The summed E-state index contributed by atoms with van der Waals surface area (Å²) in [5, 5.41) is 7.36. The smallest absolute Gasteiger partial charge is 0.253 e. The third-order valence-corrected chi connectivity index (χ3v) is 7.72. The van der Waals surface area contributed by atoms with Crippen LogP contribution in [0.2, 0.25) is 0 Å². The second-order valence-corrected chi connectivity index (χ2v) is 11.0. The summed E-state index contributed by atoms with van der Waals surface area (Å²) in [6, 6.07) is 10.8. The summed E-state index contributed by atoms with van der Waals surface area (Å²) in [5.41, 5.74) is 6.61. The van der Waals surface area contributed by atoms with Crippen molar-refractivity contribution in [1.82, 2.24) is 25.2 Å². The van der Waals surface area contributed by atoms with Crippen LogP contribution in [0.1, 0.15) is 59.6 Å². The number of nitrogens with zero attached hydrogens (tertiary/aromatic N) is 3. The first kappa shape index (κ1) is 26.7. The molecule has 4 aromatic rings. The Hall–Kier alpha value is -3.91. The van der Waals surface area contributed by atoms with Crippen molar-refractivity contribution >= 4 is 22.6 Å². The van der Waals surface area contributed by atoms with Gasteiger partial charge < -0.3 is 25.1 Å². The standard InChI is InChI=1S/C31H38N6O2/c1-18(2)37-17-20(4)29-25(30(38)34-16-26-19(3)11-21(5)35-31(26)39)12-24(13-27(29)37)23-7-8-28(33-15-23)36-10-9-32-14-22(36)6/h7-8,11-13,15,17-18,22,32H,9-10,14,16H2,1-6H3,(H,34,38)(H,35,39)/t22-/m1/s1. The SMILES string of the molecule is Cc1cc(C)c(CNC(=O)c2cc(-c3ccc(N4CCNC[C@H]4C)nc3)cc3c2c(C)cn3C(C)C)c(=O)[nH]1. The van der Waals surface area contributed by atoms with E-state index in [0.29, 0.717) is 17.2 Å². The van der Waals surface area contributed by atoms with Crippen LogP contribution in [-0.2, 0) is 6.54 Å². The number of fused-ring (bicyclic) bond motifs is 1. The van der Waals surface area contributed by atoms with Crippen LogP contribution in [0, 0.1) is 20.8 Å². The minimum atomic E-state index is -0.204. The number of piperazine rings is 1. The second-order valence-electron chi connectivity index (χ2n) is 11.0. The van der Waals surface area contributed by atoms with Crippen molar-refractivity contribution in [1.29, 1.82) is 0 Å². The van der Waals surface area contributed by atoms with Crippen molar-refractivity contribution in [3.63, 3.8) is 0 Å². The lowest BCUT2D eigenvalue weighted by Crippen LogP contribution is -2.50. The third kappa shape index (κ3) is 5.21. The van der Waals surface area contributed by atoms with Crippen LogP contribution in [0.4, 0.5) is 5.82 Å². The normalized spacial score (nSPS) is 15.8. The fraction of sp³-hybridized carbons (Fsp3) is 0.387. The number of benzene rings is 1. The quantitative estimate of drug-likeness (QED) is 0.341. The molecular formula is C31H38N6O2. The van der Waals surface area contributed by atoms with Crippen molar-refractivity contribution < 1.29 is 4.79 Å². The maximum Gasteiger partial charge on any atom is 0.253 e. The van der Waals surface area contributed by atoms with Gasteiger partial charge in [-0.25, -0.2) is 4.98 Å². The van der Waals surface area contributed by atoms with Gasteiger partial charge in [0.05, 0.1) is 0 Å². The largest absolute Gasteiger partial charge is 0.351 e. The Bertz CT molecular complexity index is 1580. The zero-order valence-electron chi connectivity index (χ0n) is 23.7. The van der Waals surface area contributed by atoms with Crippen LogP contribution in [0.5, 0.6) is 0 Å². The number of hydrogen-bond donors (Lipinski definition) is 3. The average Bonchev–Trinajstić information content (AvgIpc) is 3.24. The molecule has 0 bridgehead atoms. The first-order chi connectivity index (χ1) is 18.6. The lowest BCUT2D eigenvalue weighted by atomic mass is 9.98. The monoisotopic (exact) mass is 526 g/mol. The van der Waals surface area contributed by atoms with Crippen LogP contribution in [0.3, 0.4) is 0 Å². The van der Waals surface area contributed by atoms with Gasteiger partial charge in [0, 0.05) is 83.9 Å². The van der Waals surface area contributed by atoms with Gasteiger partial charge >= 0.3 is 0 Å². The van der Waals surface area contributed by atoms with Gasteiger partial charge in [-0.1, -0.05) is 0 Å². The van der Waals surface area contributed by atoms with E-state index in [2.05, 4.69) is 70.3 Å². The van der Waals surface area contributed by atoms with Gasteiger partial charge in [0.25, 0.3) is 11.5 Å². The Kier molecular flexibility index (Phi) is 7.32. The predicted molar refractivity (Wildman–Crippen MR) is 158 cm³/mol. The van der Waals surface area contributed by atoms with E-state index in [1.165, 1.54) is 0 Å². The topological polar surface area (TPSA) is 95.1 Å². The Labute approximate surface area is 229 Å². The summed E-state index contributed by atoms with van der Waals surface area (Å²) in [5.74, 6) is 0.761. The zero-order valence-corrected chi connectivity index (χ0v) is 23.7. The van der Waals surface area contributed by atoms with Gasteiger partial charge in [-0.15, -0.1) is 0 Å². The number of nitrogens with one attached hydrogen (secondary N) is 3. The van der Waals surface area contributed by atoms with Gasteiger partial charge in [0.1, 0.15) is 5.82 Å². The summed E-state index contributed by atoms with van der Waals surface area (Å²) in [6.45, 7) is 15.3. The van der Waals surface area contributed by atoms with Gasteiger partial charge in [-0.3, -0.25) is 9.59 Å². The Morgan fingerprint density at radius 3 is 2.59 bits per heavy atom. The van der Waals surface area contributed by atoms with Crippen LogP contribution < -0.4 is 21.1 Å². The number of hydrogen-bond acceptors (Lipinski definition) is 5. The molecule has 1 fully saturated rings. The van der Waals surface area contributed by atoms with E-state index in [9.17, 15) is 9.59 Å². The van der Waals surface area contributed by atoms with Crippen LogP contribution in [0.25, 0.3) is 22.0 Å². The highest BCUT2D eigenvalue weighted by atomic mass is 16.1. The van der Waals surface area contributed by atoms with Crippen molar-refractivity contribution in [2.24, 2.45) is 0 Å². The van der Waals surface area contributed by atoms with Crippen LogP contribution >= 0.6 is 0 Å². The maximum absolute atomic E-state index is 13.7.